The van der Waals surface area contributed by atoms with Crippen LogP contribution in [0.15, 0.2) is 168 Å². The molecule has 0 saturated heterocycles. The predicted octanol–water partition coefficient (Wildman–Crippen LogP) is 12.2. The molecule has 1 heterocycles. The van der Waals surface area contributed by atoms with Gasteiger partial charge < -0.3 is 9.32 Å². The highest BCUT2D eigenvalue weighted by atomic mass is 16.3. The molecule has 9 rings (SSSR count). The molecule has 0 atom stereocenters. The standard InChI is InChI=1S/C42H27NO/c1-2-9-28(10-3-1)32-13-8-14-33(25-32)43(34-21-19-31-18-17-29-11-4-6-15-36(29)39(31)26-34)35-22-24-41-40(27-35)38-23-20-30-12-5-7-16-37(30)42(38)44-41/h1-27H. The van der Waals surface area contributed by atoms with Crippen molar-refractivity contribution in [1.82, 2.24) is 0 Å². The highest BCUT2D eigenvalue weighted by molar-refractivity contribution is 6.16. The van der Waals surface area contributed by atoms with Crippen LogP contribution in [0.25, 0.3) is 65.4 Å². The summed E-state index contributed by atoms with van der Waals surface area (Å²) in [5.41, 5.74) is 7.49. The minimum Gasteiger partial charge on any atom is -0.455 e. The zero-order chi connectivity index (χ0) is 29.0. The Labute approximate surface area is 255 Å². The van der Waals surface area contributed by atoms with Gasteiger partial charge in [0.05, 0.1) is 0 Å². The van der Waals surface area contributed by atoms with Gasteiger partial charge in [-0.2, -0.15) is 0 Å². The van der Waals surface area contributed by atoms with Crippen molar-refractivity contribution in [3.8, 4) is 11.1 Å². The smallest absolute Gasteiger partial charge is 0.143 e. The van der Waals surface area contributed by atoms with E-state index in [1.54, 1.807) is 0 Å². The second-order valence-electron chi connectivity index (χ2n) is 11.4. The molecule has 2 heteroatoms. The van der Waals surface area contributed by atoms with Gasteiger partial charge in [-0.05, 0) is 86.6 Å². The van der Waals surface area contributed by atoms with Crippen molar-refractivity contribution in [3.05, 3.63) is 164 Å². The molecule has 0 bridgehead atoms. The van der Waals surface area contributed by atoms with Crippen LogP contribution >= 0.6 is 0 Å². The number of nitrogens with zero attached hydrogens (tertiary/aromatic N) is 1. The lowest BCUT2D eigenvalue weighted by Gasteiger charge is -2.26. The van der Waals surface area contributed by atoms with Crippen LogP contribution in [0.2, 0.25) is 0 Å². The van der Waals surface area contributed by atoms with Crippen LogP contribution in [-0.2, 0) is 0 Å². The summed E-state index contributed by atoms with van der Waals surface area (Å²) >= 11 is 0. The van der Waals surface area contributed by atoms with Gasteiger partial charge in [-0.15, -0.1) is 0 Å². The fraction of sp³-hybridized carbons (Fsp3) is 0. The van der Waals surface area contributed by atoms with E-state index in [0.717, 1.165) is 44.4 Å². The van der Waals surface area contributed by atoms with Crippen LogP contribution in [-0.4, -0.2) is 0 Å². The molecule has 0 aliphatic carbocycles. The topological polar surface area (TPSA) is 16.4 Å². The highest BCUT2D eigenvalue weighted by Gasteiger charge is 2.18. The normalized spacial score (nSPS) is 11.6. The summed E-state index contributed by atoms with van der Waals surface area (Å²) in [7, 11) is 0. The Morgan fingerprint density at radius 1 is 0.341 bits per heavy atom. The molecule has 0 aliphatic rings. The molecule has 44 heavy (non-hydrogen) atoms. The van der Waals surface area contributed by atoms with E-state index in [4.69, 9.17) is 4.42 Å². The second-order valence-corrected chi connectivity index (χ2v) is 11.4. The summed E-state index contributed by atoms with van der Waals surface area (Å²) in [5.74, 6) is 0. The van der Waals surface area contributed by atoms with Gasteiger partial charge >= 0.3 is 0 Å². The fourth-order valence-electron chi connectivity index (χ4n) is 6.66. The van der Waals surface area contributed by atoms with Crippen LogP contribution in [0.3, 0.4) is 0 Å². The Balaban J connectivity index is 1.29. The molecule has 1 aromatic heterocycles. The molecule has 0 fully saturated rings. The Bertz CT molecular complexity index is 2510. The highest BCUT2D eigenvalue weighted by Crippen LogP contribution is 2.42. The molecule has 0 spiro atoms. The summed E-state index contributed by atoms with van der Waals surface area (Å²) in [6, 6.07) is 58.6. The van der Waals surface area contributed by atoms with Gasteiger partial charge in [-0.1, -0.05) is 115 Å². The van der Waals surface area contributed by atoms with E-state index in [0.29, 0.717) is 0 Å². The first-order chi connectivity index (χ1) is 21.8. The average Bonchev–Trinajstić information content (AvgIpc) is 3.47. The quantitative estimate of drug-likeness (QED) is 0.199. The summed E-state index contributed by atoms with van der Waals surface area (Å²) < 4.78 is 6.48. The maximum absolute atomic E-state index is 6.48. The second kappa shape index (κ2) is 9.86. The number of anilines is 3. The van der Waals surface area contributed by atoms with E-state index in [9.17, 15) is 0 Å². The van der Waals surface area contributed by atoms with Crippen LogP contribution in [0.1, 0.15) is 0 Å². The summed E-state index contributed by atoms with van der Waals surface area (Å²) in [6.07, 6.45) is 0. The van der Waals surface area contributed by atoms with Gasteiger partial charge in [0.2, 0.25) is 0 Å². The van der Waals surface area contributed by atoms with E-state index in [-0.39, 0.29) is 0 Å². The van der Waals surface area contributed by atoms with Crippen molar-refractivity contribution in [2.45, 2.75) is 0 Å². The fourth-order valence-corrected chi connectivity index (χ4v) is 6.66. The molecule has 206 valence electrons. The molecule has 9 aromatic rings. The van der Waals surface area contributed by atoms with E-state index >= 15 is 0 Å². The molecule has 8 aromatic carbocycles. The number of rotatable bonds is 4. The van der Waals surface area contributed by atoms with Crippen molar-refractivity contribution < 1.29 is 4.42 Å². The van der Waals surface area contributed by atoms with E-state index in [2.05, 4.69) is 169 Å². The minimum absolute atomic E-state index is 0.891. The number of furan rings is 1. The molecular formula is C42H27NO. The Hall–Kier alpha value is -5.86. The maximum Gasteiger partial charge on any atom is 0.143 e. The van der Waals surface area contributed by atoms with Gasteiger partial charge in [0.25, 0.3) is 0 Å². The molecule has 0 unspecified atom stereocenters. The maximum atomic E-state index is 6.48. The van der Waals surface area contributed by atoms with Gasteiger partial charge in [-0.25, -0.2) is 0 Å². The van der Waals surface area contributed by atoms with E-state index in [1.807, 2.05) is 0 Å². The first-order valence-corrected chi connectivity index (χ1v) is 15.0. The SMILES string of the molecule is c1ccc(-c2cccc(N(c3ccc4ccc5ccccc5c4c3)c3ccc4oc5c6ccccc6ccc5c4c3)c2)cc1. The predicted molar refractivity (Wildman–Crippen MR) is 186 cm³/mol. The number of benzene rings is 8. The third-order valence-electron chi connectivity index (χ3n) is 8.80. The van der Waals surface area contributed by atoms with Crippen LogP contribution in [0.4, 0.5) is 17.1 Å². The number of hydrogen-bond acceptors (Lipinski definition) is 2. The van der Waals surface area contributed by atoms with Crippen LogP contribution in [0.5, 0.6) is 0 Å². The van der Waals surface area contributed by atoms with Gasteiger partial charge in [0, 0.05) is 33.2 Å². The lowest BCUT2D eigenvalue weighted by atomic mass is 10.0. The monoisotopic (exact) mass is 561 g/mol. The van der Waals surface area contributed by atoms with Crippen molar-refractivity contribution >= 4 is 71.3 Å². The van der Waals surface area contributed by atoms with Crippen molar-refractivity contribution in [2.24, 2.45) is 0 Å². The lowest BCUT2D eigenvalue weighted by Crippen LogP contribution is -2.10. The summed E-state index contributed by atoms with van der Waals surface area (Å²) in [5, 5.41) is 9.53. The largest absolute Gasteiger partial charge is 0.455 e. The van der Waals surface area contributed by atoms with Gasteiger partial charge in [-0.3, -0.25) is 0 Å². The molecule has 2 nitrogen and oxygen atoms in total. The van der Waals surface area contributed by atoms with Gasteiger partial charge in [0.1, 0.15) is 11.2 Å². The summed E-state index contributed by atoms with van der Waals surface area (Å²) in [6.45, 7) is 0. The molecule has 0 radical (unpaired) electrons. The Morgan fingerprint density at radius 2 is 0.932 bits per heavy atom. The molecular weight excluding hydrogens is 534 g/mol. The van der Waals surface area contributed by atoms with Crippen LogP contribution in [0, 0.1) is 0 Å². The van der Waals surface area contributed by atoms with Crippen molar-refractivity contribution in [2.75, 3.05) is 4.90 Å². The zero-order valence-electron chi connectivity index (χ0n) is 23.9. The number of hydrogen-bond donors (Lipinski definition) is 0. The third-order valence-corrected chi connectivity index (χ3v) is 8.80. The van der Waals surface area contributed by atoms with Crippen LogP contribution < -0.4 is 4.90 Å². The number of fused-ring (bicyclic) bond motifs is 8. The lowest BCUT2D eigenvalue weighted by molar-refractivity contribution is 0.672. The van der Waals surface area contributed by atoms with Gasteiger partial charge in [0.15, 0.2) is 0 Å². The molecule has 0 saturated carbocycles. The summed E-state index contributed by atoms with van der Waals surface area (Å²) in [4.78, 5) is 2.37. The minimum atomic E-state index is 0.891. The zero-order valence-corrected chi connectivity index (χ0v) is 23.9. The third kappa shape index (κ3) is 3.96. The Morgan fingerprint density at radius 3 is 1.77 bits per heavy atom. The molecule has 0 N–H and O–H groups in total. The molecule has 0 amide bonds. The van der Waals surface area contributed by atoms with Crippen molar-refractivity contribution in [3.63, 3.8) is 0 Å². The molecule has 0 aliphatic heterocycles. The average molecular weight is 562 g/mol. The first kappa shape index (κ1) is 24.7. The van der Waals surface area contributed by atoms with E-state index in [1.165, 1.54) is 38.1 Å². The van der Waals surface area contributed by atoms with Crippen molar-refractivity contribution in [1.29, 1.82) is 0 Å². The first-order valence-electron chi connectivity index (χ1n) is 15.0. The Kier molecular flexibility index (Phi) is 5.54. The van der Waals surface area contributed by atoms with E-state index < -0.39 is 0 Å².